The van der Waals surface area contributed by atoms with E-state index in [4.69, 9.17) is 21.3 Å². The quantitative estimate of drug-likeness (QED) is 0.311. The highest BCUT2D eigenvalue weighted by atomic mass is 35.5. The minimum Gasteiger partial charge on any atom is -0.505 e. The Hall–Kier alpha value is -4.76. The van der Waals surface area contributed by atoms with Gasteiger partial charge in [0.15, 0.2) is 11.5 Å². The van der Waals surface area contributed by atoms with Crippen LogP contribution in [-0.2, 0) is 34.1 Å². The van der Waals surface area contributed by atoms with Crippen LogP contribution < -0.4 is 10.9 Å². The monoisotopic (exact) mass is 697 g/mol. The normalized spacial score (nSPS) is 20.8. The number of pyridine rings is 1. The fourth-order valence-corrected chi connectivity index (χ4v) is 7.53. The number of alkyl halides is 3. The number of aromatic nitrogens is 5. The number of fused-ring (bicyclic) bond motifs is 3. The Balaban J connectivity index is 1.26. The van der Waals surface area contributed by atoms with Gasteiger partial charge < -0.3 is 24.6 Å². The molecule has 2 N–H and O–H groups in total. The largest absolute Gasteiger partial charge is 0.505 e. The summed E-state index contributed by atoms with van der Waals surface area (Å²) in [5.41, 5.74) is -0.0824. The van der Waals surface area contributed by atoms with Crippen molar-refractivity contribution >= 4 is 40.5 Å². The molecule has 7 rings (SSSR count). The molecule has 1 spiro atoms. The van der Waals surface area contributed by atoms with Gasteiger partial charge in [0.2, 0.25) is 11.7 Å². The average Bonchev–Trinajstić information content (AvgIpc) is 3.69. The molecule has 0 bridgehead atoms. The lowest BCUT2D eigenvalue weighted by Gasteiger charge is -2.44. The predicted octanol–water partition coefficient (Wildman–Crippen LogP) is 4.47. The number of hydrogen-bond donors (Lipinski definition) is 2. The third kappa shape index (κ3) is 5.73. The maximum Gasteiger partial charge on any atom is 0.416 e. The van der Waals surface area contributed by atoms with Gasteiger partial charge in [0.25, 0.3) is 11.5 Å². The Bertz CT molecular complexity index is 2100. The lowest BCUT2D eigenvalue weighted by atomic mass is 9.67. The molecule has 2 atom stereocenters. The lowest BCUT2D eigenvalue weighted by Crippen LogP contribution is -2.52. The van der Waals surface area contributed by atoms with E-state index in [9.17, 15) is 32.7 Å². The molecule has 0 radical (unpaired) electrons. The number of amides is 2. The number of carbonyl (C=O) groups is 2. The van der Waals surface area contributed by atoms with Crippen LogP contribution in [0.5, 0.6) is 5.75 Å². The molecule has 1 fully saturated rings. The highest BCUT2D eigenvalue weighted by Gasteiger charge is 2.50. The van der Waals surface area contributed by atoms with E-state index >= 15 is 0 Å². The Morgan fingerprint density at radius 3 is 2.71 bits per heavy atom. The first kappa shape index (κ1) is 32.8. The highest BCUT2D eigenvalue weighted by Crippen LogP contribution is 2.48. The number of aromatic hydroxyl groups is 1. The van der Waals surface area contributed by atoms with Crippen molar-refractivity contribution in [3.8, 4) is 5.75 Å². The van der Waals surface area contributed by atoms with Crippen LogP contribution >= 0.6 is 11.6 Å². The van der Waals surface area contributed by atoms with Gasteiger partial charge in [-0.2, -0.15) is 22.7 Å². The number of hydrogen-bond acceptors (Lipinski definition) is 8. The van der Waals surface area contributed by atoms with Crippen molar-refractivity contribution in [2.45, 2.75) is 50.7 Å². The van der Waals surface area contributed by atoms with E-state index in [-0.39, 0.29) is 46.0 Å². The molecule has 2 amide bonds. The summed E-state index contributed by atoms with van der Waals surface area (Å²) in [5.74, 6) is -0.917. The number of ether oxygens (including phenoxy) is 1. The first-order valence-electron chi connectivity index (χ1n) is 15.8. The van der Waals surface area contributed by atoms with Gasteiger partial charge in [0.05, 0.1) is 29.5 Å². The van der Waals surface area contributed by atoms with Gasteiger partial charge in [-0.15, -0.1) is 5.10 Å². The fourth-order valence-electron chi connectivity index (χ4n) is 7.30. The van der Waals surface area contributed by atoms with Crippen LogP contribution in [0.3, 0.4) is 0 Å². The van der Waals surface area contributed by atoms with Crippen molar-refractivity contribution in [2.24, 2.45) is 5.92 Å². The second-order valence-electron chi connectivity index (χ2n) is 12.6. The van der Waals surface area contributed by atoms with Crippen LogP contribution in [0, 0.1) is 5.92 Å². The molecule has 256 valence electrons. The van der Waals surface area contributed by atoms with Gasteiger partial charge >= 0.3 is 6.18 Å². The summed E-state index contributed by atoms with van der Waals surface area (Å²) in [6.07, 6.45) is 0.671. The molecular formula is C33H31ClF3N7O5. The summed E-state index contributed by atoms with van der Waals surface area (Å²) in [7, 11) is 0. The summed E-state index contributed by atoms with van der Waals surface area (Å²) in [5, 5.41) is 17.2. The third-order valence-electron chi connectivity index (χ3n) is 9.82. The van der Waals surface area contributed by atoms with Crippen LogP contribution in [0.4, 0.5) is 18.9 Å². The zero-order valence-electron chi connectivity index (χ0n) is 26.3. The van der Waals surface area contributed by atoms with Crippen LogP contribution in [-0.4, -0.2) is 72.3 Å². The van der Waals surface area contributed by atoms with Crippen LogP contribution in [0.25, 0.3) is 11.4 Å². The molecular weight excluding hydrogens is 667 g/mol. The minimum atomic E-state index is -4.60. The molecule has 16 heteroatoms. The maximum absolute atomic E-state index is 14.4. The van der Waals surface area contributed by atoms with Gasteiger partial charge in [-0.1, -0.05) is 24.6 Å². The smallest absolute Gasteiger partial charge is 0.416 e. The molecule has 49 heavy (non-hydrogen) atoms. The standard InChI is InChI=1S/C33H31ClF3N7O5/c1-18-16-42(30(48)27-24(45)3-2-11-38-27)12-10-32(18)9-6-23-26(32)29(47)44-31(40-28(41-44)19-7-13-49-14-8-19)43(23)17-25(46)39-22-5-4-20(15-21(22)34)33(35,36)37/h2-5,7,11,15,18,45H,6,8-10,12-14,16-17H2,1H3,(H,39,46)/t18-,32+/m0/s1. The van der Waals surface area contributed by atoms with Crippen LogP contribution in [0.15, 0.2) is 47.4 Å². The van der Waals surface area contributed by atoms with E-state index in [1.54, 1.807) is 9.47 Å². The van der Waals surface area contributed by atoms with Crippen molar-refractivity contribution in [3.63, 3.8) is 0 Å². The Labute approximate surface area is 282 Å². The first-order chi connectivity index (χ1) is 23.4. The predicted molar refractivity (Wildman–Crippen MR) is 171 cm³/mol. The van der Waals surface area contributed by atoms with E-state index < -0.39 is 29.0 Å². The Kier molecular flexibility index (Phi) is 8.22. The highest BCUT2D eigenvalue weighted by molar-refractivity contribution is 6.33. The van der Waals surface area contributed by atoms with E-state index in [0.717, 1.165) is 23.8 Å². The first-order valence-corrected chi connectivity index (χ1v) is 16.1. The number of carbonyl (C=O) groups excluding carboxylic acids is 2. The third-order valence-corrected chi connectivity index (χ3v) is 10.1. The molecule has 1 saturated heterocycles. The summed E-state index contributed by atoms with van der Waals surface area (Å²) in [6, 6.07) is 5.61. The number of nitrogens with one attached hydrogen (secondary N) is 1. The molecule has 12 nitrogen and oxygen atoms in total. The van der Waals surface area contributed by atoms with Crippen molar-refractivity contribution in [2.75, 3.05) is 31.6 Å². The Morgan fingerprint density at radius 1 is 1.20 bits per heavy atom. The minimum absolute atomic E-state index is 0.00367. The number of halogens is 4. The molecule has 5 heterocycles. The second kappa shape index (κ2) is 12.3. The van der Waals surface area contributed by atoms with Crippen LogP contribution in [0.1, 0.15) is 59.3 Å². The summed E-state index contributed by atoms with van der Waals surface area (Å²) < 4.78 is 47.9. The molecule has 1 aromatic carbocycles. The van der Waals surface area contributed by atoms with E-state index in [1.165, 1.54) is 22.8 Å². The second-order valence-corrected chi connectivity index (χ2v) is 13.0. The van der Waals surface area contributed by atoms with Crippen molar-refractivity contribution in [1.82, 2.24) is 29.0 Å². The molecule has 4 aromatic rings. The number of benzene rings is 1. The maximum atomic E-state index is 14.4. The number of anilines is 1. The SMILES string of the molecule is C[C@H]1CN(C(=O)c2ncccc2O)CC[C@]12CCc1c2c(=O)n2nc(C3=CCOCC3)nc2n1CC(=O)Nc1ccc(C(F)(F)F)cc1Cl. The number of piperidine rings is 1. The molecule has 3 aromatic heterocycles. The number of rotatable bonds is 5. The van der Waals surface area contributed by atoms with Gasteiger partial charge in [-0.25, -0.2) is 4.98 Å². The van der Waals surface area contributed by atoms with Crippen molar-refractivity contribution in [3.05, 3.63) is 86.3 Å². The van der Waals surface area contributed by atoms with Crippen molar-refractivity contribution < 1.29 is 32.6 Å². The summed E-state index contributed by atoms with van der Waals surface area (Å²) in [4.78, 5) is 51.6. The van der Waals surface area contributed by atoms with Gasteiger partial charge in [-0.3, -0.25) is 14.4 Å². The van der Waals surface area contributed by atoms with Crippen molar-refractivity contribution in [1.29, 1.82) is 0 Å². The molecule has 2 aliphatic heterocycles. The molecule has 0 unspecified atom stereocenters. The lowest BCUT2D eigenvalue weighted by molar-refractivity contribution is -0.137. The van der Waals surface area contributed by atoms with Gasteiger partial charge in [0, 0.05) is 36.0 Å². The molecule has 3 aliphatic rings. The van der Waals surface area contributed by atoms with Crippen LogP contribution in [0.2, 0.25) is 5.02 Å². The number of nitrogens with zero attached hydrogens (tertiary/aromatic N) is 6. The summed E-state index contributed by atoms with van der Waals surface area (Å²) >= 11 is 6.13. The number of likely N-dealkylation sites (tertiary alicyclic amines) is 1. The van der Waals surface area contributed by atoms with E-state index in [0.29, 0.717) is 69.1 Å². The molecule has 1 aliphatic carbocycles. The van der Waals surface area contributed by atoms with Gasteiger partial charge in [0.1, 0.15) is 12.3 Å². The summed E-state index contributed by atoms with van der Waals surface area (Å²) in [6.45, 7) is 3.09. The topological polar surface area (TPSA) is 144 Å². The zero-order chi connectivity index (χ0) is 34.7. The average molecular weight is 698 g/mol. The fraction of sp³-hybridized carbons (Fsp3) is 0.394. The van der Waals surface area contributed by atoms with Gasteiger partial charge in [-0.05, 0) is 67.5 Å². The van der Waals surface area contributed by atoms with E-state index in [1.807, 2.05) is 13.0 Å². The Morgan fingerprint density at radius 2 is 2.02 bits per heavy atom. The zero-order valence-corrected chi connectivity index (χ0v) is 27.0. The van der Waals surface area contributed by atoms with E-state index in [2.05, 4.69) is 15.4 Å². The molecule has 0 saturated carbocycles.